The van der Waals surface area contributed by atoms with Gasteiger partial charge in [0.25, 0.3) is 0 Å². The number of carbonyl (C=O) groups is 1. The summed E-state index contributed by atoms with van der Waals surface area (Å²) in [6.07, 6.45) is -1.64. The first-order chi connectivity index (χ1) is 11.6. The van der Waals surface area contributed by atoms with Crippen LogP contribution in [0.25, 0.3) is 0 Å². The zero-order valence-electron chi connectivity index (χ0n) is 13.3. The lowest BCUT2D eigenvalue weighted by Crippen LogP contribution is -2.35. The Morgan fingerprint density at radius 2 is 1.96 bits per heavy atom. The fraction of sp³-hybridized carbons (Fsp3) is 0.294. The number of aliphatic hydroxyl groups excluding tert-OH is 2. The van der Waals surface area contributed by atoms with Gasteiger partial charge < -0.3 is 25.0 Å². The van der Waals surface area contributed by atoms with Crippen LogP contribution in [0.4, 0.5) is 4.79 Å². The van der Waals surface area contributed by atoms with E-state index in [2.05, 4.69) is 10.3 Å². The number of ether oxygens (including phenoxy) is 2. The lowest BCUT2D eigenvalue weighted by Gasteiger charge is -2.19. The second-order valence-electron chi connectivity index (χ2n) is 5.06. The molecule has 24 heavy (non-hydrogen) atoms. The summed E-state index contributed by atoms with van der Waals surface area (Å²) < 4.78 is 10.1. The zero-order chi connectivity index (χ0) is 17.4. The molecule has 0 saturated heterocycles. The topological polar surface area (TPSA) is 101 Å². The first kappa shape index (κ1) is 17.7. The van der Waals surface area contributed by atoms with Crippen LogP contribution in [-0.4, -0.2) is 41.0 Å². The van der Waals surface area contributed by atoms with E-state index in [1.165, 1.54) is 13.3 Å². The molecule has 128 valence electrons. The quantitative estimate of drug-likeness (QED) is 0.709. The molecule has 7 heteroatoms. The van der Waals surface area contributed by atoms with Gasteiger partial charge >= 0.3 is 6.09 Å². The van der Waals surface area contributed by atoms with E-state index in [0.717, 1.165) is 5.56 Å². The number of carbonyl (C=O) groups excluding carboxylic acids is 1. The summed E-state index contributed by atoms with van der Waals surface area (Å²) >= 11 is 0. The van der Waals surface area contributed by atoms with E-state index >= 15 is 0 Å². The van der Waals surface area contributed by atoms with Crippen molar-refractivity contribution in [3.05, 3.63) is 59.8 Å². The molecule has 2 atom stereocenters. The van der Waals surface area contributed by atoms with Crippen molar-refractivity contribution in [2.24, 2.45) is 0 Å². The third kappa shape index (κ3) is 4.94. The Balaban J connectivity index is 1.81. The molecule has 0 aliphatic heterocycles. The number of pyridine rings is 1. The van der Waals surface area contributed by atoms with E-state index in [1.807, 2.05) is 30.3 Å². The van der Waals surface area contributed by atoms with Gasteiger partial charge in [0, 0.05) is 18.3 Å². The summed E-state index contributed by atoms with van der Waals surface area (Å²) in [5.41, 5.74) is 1.19. The van der Waals surface area contributed by atoms with Gasteiger partial charge in [-0.15, -0.1) is 0 Å². The molecule has 1 aromatic carbocycles. The SMILES string of the molecule is COc1ncccc1C(O)C(O)CNC(=O)OCc1ccccc1. The predicted molar refractivity (Wildman–Crippen MR) is 86.4 cm³/mol. The third-order valence-electron chi connectivity index (χ3n) is 3.35. The van der Waals surface area contributed by atoms with Crippen LogP contribution < -0.4 is 10.1 Å². The fourth-order valence-electron chi connectivity index (χ4n) is 2.08. The number of alkyl carbamates (subject to hydrolysis) is 1. The summed E-state index contributed by atoms with van der Waals surface area (Å²) in [7, 11) is 1.42. The molecule has 1 aromatic heterocycles. The van der Waals surface area contributed by atoms with Gasteiger partial charge in [-0.3, -0.25) is 0 Å². The Bertz CT molecular complexity index is 650. The Kier molecular flexibility index (Phi) is 6.53. The molecule has 0 saturated carbocycles. The maximum absolute atomic E-state index is 11.6. The molecule has 3 N–H and O–H groups in total. The van der Waals surface area contributed by atoms with Crippen LogP contribution in [0.5, 0.6) is 5.88 Å². The van der Waals surface area contributed by atoms with Crippen LogP contribution in [0.1, 0.15) is 17.2 Å². The second-order valence-corrected chi connectivity index (χ2v) is 5.06. The molecule has 0 aliphatic rings. The van der Waals surface area contributed by atoms with Crippen molar-refractivity contribution in [1.82, 2.24) is 10.3 Å². The maximum Gasteiger partial charge on any atom is 0.407 e. The summed E-state index contributed by atoms with van der Waals surface area (Å²) in [6.45, 7) is -0.0470. The van der Waals surface area contributed by atoms with Crippen molar-refractivity contribution in [2.45, 2.75) is 18.8 Å². The molecule has 0 bridgehead atoms. The van der Waals surface area contributed by atoms with Crippen LogP contribution in [0, 0.1) is 0 Å². The molecule has 1 amide bonds. The smallest absolute Gasteiger partial charge is 0.407 e. The molecule has 2 unspecified atom stereocenters. The van der Waals surface area contributed by atoms with Gasteiger partial charge in [0.1, 0.15) is 18.8 Å². The summed E-state index contributed by atoms with van der Waals surface area (Å²) in [4.78, 5) is 15.6. The minimum atomic E-state index is -1.25. The average Bonchev–Trinajstić information content (AvgIpc) is 2.64. The number of amides is 1. The Morgan fingerprint density at radius 3 is 2.67 bits per heavy atom. The van der Waals surface area contributed by atoms with Crippen molar-refractivity contribution in [3.63, 3.8) is 0 Å². The van der Waals surface area contributed by atoms with Crippen LogP contribution in [0.15, 0.2) is 48.7 Å². The Morgan fingerprint density at radius 1 is 1.21 bits per heavy atom. The number of aromatic nitrogens is 1. The second kappa shape index (κ2) is 8.85. The summed E-state index contributed by atoms with van der Waals surface area (Å²) in [6, 6.07) is 12.4. The van der Waals surface area contributed by atoms with Crippen molar-refractivity contribution >= 4 is 6.09 Å². The first-order valence-corrected chi connectivity index (χ1v) is 7.41. The van der Waals surface area contributed by atoms with Crippen molar-refractivity contribution < 1.29 is 24.5 Å². The highest BCUT2D eigenvalue weighted by Gasteiger charge is 2.23. The fourth-order valence-corrected chi connectivity index (χ4v) is 2.08. The van der Waals surface area contributed by atoms with E-state index in [9.17, 15) is 15.0 Å². The number of hydrogen-bond acceptors (Lipinski definition) is 6. The summed E-state index contributed by atoms with van der Waals surface area (Å²) in [5.74, 6) is 0.218. The molecular weight excluding hydrogens is 312 g/mol. The Labute approximate surface area is 139 Å². The molecule has 2 aromatic rings. The number of benzene rings is 1. The van der Waals surface area contributed by atoms with Gasteiger partial charge in [-0.1, -0.05) is 30.3 Å². The standard InChI is InChI=1S/C17H20N2O5/c1-23-16-13(8-5-9-18-16)15(21)14(20)10-19-17(22)24-11-12-6-3-2-4-7-12/h2-9,14-15,20-21H,10-11H2,1H3,(H,19,22). The minimum Gasteiger partial charge on any atom is -0.481 e. The number of aliphatic hydroxyl groups is 2. The van der Waals surface area contributed by atoms with E-state index in [4.69, 9.17) is 9.47 Å². The van der Waals surface area contributed by atoms with E-state index < -0.39 is 18.3 Å². The highest BCUT2D eigenvalue weighted by Crippen LogP contribution is 2.24. The molecule has 1 heterocycles. The van der Waals surface area contributed by atoms with Crippen LogP contribution in [0.2, 0.25) is 0 Å². The van der Waals surface area contributed by atoms with Gasteiger partial charge in [0.15, 0.2) is 0 Å². The number of nitrogens with zero attached hydrogens (tertiary/aromatic N) is 1. The Hall–Kier alpha value is -2.64. The molecule has 7 nitrogen and oxygen atoms in total. The first-order valence-electron chi connectivity index (χ1n) is 7.41. The van der Waals surface area contributed by atoms with Crippen molar-refractivity contribution in [2.75, 3.05) is 13.7 Å². The van der Waals surface area contributed by atoms with E-state index in [0.29, 0.717) is 5.56 Å². The van der Waals surface area contributed by atoms with Crippen molar-refractivity contribution in [3.8, 4) is 5.88 Å². The molecular formula is C17H20N2O5. The normalized spacial score (nSPS) is 13.0. The average molecular weight is 332 g/mol. The minimum absolute atomic E-state index is 0.127. The van der Waals surface area contributed by atoms with Gasteiger partial charge in [0.2, 0.25) is 5.88 Å². The van der Waals surface area contributed by atoms with Crippen LogP contribution in [-0.2, 0) is 11.3 Å². The maximum atomic E-state index is 11.6. The highest BCUT2D eigenvalue weighted by molar-refractivity contribution is 5.67. The zero-order valence-corrected chi connectivity index (χ0v) is 13.3. The van der Waals surface area contributed by atoms with Crippen LogP contribution in [0.3, 0.4) is 0 Å². The lowest BCUT2D eigenvalue weighted by atomic mass is 10.1. The van der Waals surface area contributed by atoms with E-state index in [-0.39, 0.29) is 19.0 Å². The predicted octanol–water partition coefficient (Wildman–Crippen LogP) is 1.41. The lowest BCUT2D eigenvalue weighted by molar-refractivity contribution is 0.0168. The largest absolute Gasteiger partial charge is 0.481 e. The molecule has 0 aliphatic carbocycles. The molecule has 0 radical (unpaired) electrons. The van der Waals surface area contributed by atoms with Crippen molar-refractivity contribution in [1.29, 1.82) is 0 Å². The third-order valence-corrected chi connectivity index (χ3v) is 3.35. The number of nitrogens with one attached hydrogen (secondary N) is 1. The summed E-state index contributed by atoms with van der Waals surface area (Å²) in [5, 5.41) is 22.6. The number of rotatable bonds is 7. The van der Waals surface area contributed by atoms with Gasteiger partial charge in [-0.05, 0) is 17.7 Å². The van der Waals surface area contributed by atoms with Gasteiger partial charge in [-0.2, -0.15) is 0 Å². The molecule has 2 rings (SSSR count). The molecule has 0 spiro atoms. The highest BCUT2D eigenvalue weighted by atomic mass is 16.5. The number of methoxy groups -OCH3 is 1. The molecule has 0 fully saturated rings. The van der Waals surface area contributed by atoms with E-state index in [1.54, 1.807) is 12.1 Å². The van der Waals surface area contributed by atoms with Gasteiger partial charge in [-0.25, -0.2) is 9.78 Å². The number of hydrogen-bond donors (Lipinski definition) is 3. The van der Waals surface area contributed by atoms with Crippen LogP contribution >= 0.6 is 0 Å². The monoisotopic (exact) mass is 332 g/mol. The van der Waals surface area contributed by atoms with Gasteiger partial charge in [0.05, 0.1) is 7.11 Å².